The van der Waals surface area contributed by atoms with Gasteiger partial charge in [0.1, 0.15) is 0 Å². The van der Waals surface area contributed by atoms with Crippen LogP contribution >= 0.6 is 24.4 Å². The topological polar surface area (TPSA) is 0 Å². The first kappa shape index (κ1) is 9.01. The lowest BCUT2D eigenvalue weighted by molar-refractivity contribution is 1.10. The van der Waals surface area contributed by atoms with Gasteiger partial charge in [-0.05, 0) is 30.4 Å². The molecule has 0 heterocycles. The molecule has 0 aliphatic heterocycles. The SMILES string of the molecule is CCCSc1cccc(S)c1. The summed E-state index contributed by atoms with van der Waals surface area (Å²) in [6.07, 6.45) is 1.22. The predicted molar refractivity (Wildman–Crippen MR) is 54.7 cm³/mol. The van der Waals surface area contributed by atoms with Gasteiger partial charge in [0.05, 0.1) is 0 Å². The first-order valence-corrected chi connectivity index (χ1v) is 5.18. The molecular weight excluding hydrogens is 172 g/mol. The summed E-state index contributed by atoms with van der Waals surface area (Å²) in [4.78, 5) is 2.37. The number of hydrogen-bond acceptors (Lipinski definition) is 2. The van der Waals surface area contributed by atoms with Crippen molar-refractivity contribution in [1.29, 1.82) is 0 Å². The summed E-state index contributed by atoms with van der Waals surface area (Å²) in [5.41, 5.74) is 0. The van der Waals surface area contributed by atoms with Crippen LogP contribution in [0.1, 0.15) is 13.3 Å². The van der Waals surface area contributed by atoms with Crippen LogP contribution in [0.2, 0.25) is 0 Å². The summed E-state index contributed by atoms with van der Waals surface area (Å²) in [7, 11) is 0. The van der Waals surface area contributed by atoms with Crippen molar-refractivity contribution in [3.05, 3.63) is 24.3 Å². The Balaban J connectivity index is 2.56. The highest BCUT2D eigenvalue weighted by Crippen LogP contribution is 2.20. The lowest BCUT2D eigenvalue weighted by Gasteiger charge is -1.99. The molecule has 0 spiro atoms. The fraction of sp³-hybridized carbons (Fsp3) is 0.333. The van der Waals surface area contributed by atoms with E-state index in [9.17, 15) is 0 Å². The first-order chi connectivity index (χ1) is 5.33. The molecule has 0 N–H and O–H groups in total. The van der Waals surface area contributed by atoms with Crippen molar-refractivity contribution in [2.75, 3.05) is 5.75 Å². The van der Waals surface area contributed by atoms with Gasteiger partial charge in [-0.2, -0.15) is 0 Å². The number of hydrogen-bond donors (Lipinski definition) is 1. The molecule has 60 valence electrons. The van der Waals surface area contributed by atoms with Gasteiger partial charge < -0.3 is 0 Å². The third-order valence-electron chi connectivity index (χ3n) is 1.29. The second-order valence-electron chi connectivity index (χ2n) is 2.35. The molecule has 0 saturated carbocycles. The second-order valence-corrected chi connectivity index (χ2v) is 4.03. The zero-order chi connectivity index (χ0) is 8.10. The fourth-order valence-electron chi connectivity index (χ4n) is 0.793. The third kappa shape index (κ3) is 3.21. The summed E-state index contributed by atoms with van der Waals surface area (Å²) < 4.78 is 0. The largest absolute Gasteiger partial charge is 0.143 e. The lowest BCUT2D eigenvalue weighted by atomic mass is 10.4. The Hall–Kier alpha value is -0.0800. The molecule has 0 atom stereocenters. The molecule has 11 heavy (non-hydrogen) atoms. The molecule has 0 saturated heterocycles. The Bertz CT molecular complexity index is 221. The predicted octanol–water partition coefficient (Wildman–Crippen LogP) is 3.48. The van der Waals surface area contributed by atoms with Crippen molar-refractivity contribution in [1.82, 2.24) is 0 Å². The number of thiol groups is 1. The van der Waals surface area contributed by atoms with E-state index in [1.165, 1.54) is 17.1 Å². The molecule has 0 nitrogen and oxygen atoms in total. The molecule has 0 aromatic heterocycles. The van der Waals surface area contributed by atoms with Crippen LogP contribution in [0.15, 0.2) is 34.1 Å². The maximum atomic E-state index is 4.26. The molecule has 0 fully saturated rings. The second kappa shape index (κ2) is 4.73. The van der Waals surface area contributed by atoms with Crippen molar-refractivity contribution in [3.63, 3.8) is 0 Å². The van der Waals surface area contributed by atoms with Gasteiger partial charge in [-0.15, -0.1) is 24.4 Å². The monoisotopic (exact) mass is 184 g/mol. The van der Waals surface area contributed by atoms with Gasteiger partial charge in [-0.3, -0.25) is 0 Å². The van der Waals surface area contributed by atoms with Crippen molar-refractivity contribution < 1.29 is 0 Å². The van der Waals surface area contributed by atoms with Gasteiger partial charge >= 0.3 is 0 Å². The maximum Gasteiger partial charge on any atom is 0.00829 e. The highest BCUT2D eigenvalue weighted by atomic mass is 32.2. The van der Waals surface area contributed by atoms with Crippen LogP contribution in [-0.2, 0) is 0 Å². The molecule has 0 aliphatic carbocycles. The van der Waals surface area contributed by atoms with Crippen LogP contribution in [-0.4, -0.2) is 5.75 Å². The average molecular weight is 184 g/mol. The van der Waals surface area contributed by atoms with Gasteiger partial charge in [0, 0.05) is 9.79 Å². The average Bonchev–Trinajstić information content (AvgIpc) is 2.01. The summed E-state index contributed by atoms with van der Waals surface area (Å²) in [6, 6.07) is 8.27. The van der Waals surface area contributed by atoms with Crippen LogP contribution in [0, 0.1) is 0 Å². The van der Waals surface area contributed by atoms with Crippen molar-refractivity contribution >= 4 is 24.4 Å². The molecule has 1 aromatic carbocycles. The highest BCUT2D eigenvalue weighted by Gasteiger charge is 1.91. The van der Waals surface area contributed by atoms with E-state index in [0.717, 1.165) is 4.90 Å². The zero-order valence-electron chi connectivity index (χ0n) is 6.58. The van der Waals surface area contributed by atoms with E-state index >= 15 is 0 Å². The minimum absolute atomic E-state index is 1.05. The first-order valence-electron chi connectivity index (χ1n) is 3.74. The van der Waals surface area contributed by atoms with Crippen molar-refractivity contribution in [2.45, 2.75) is 23.1 Å². The quantitative estimate of drug-likeness (QED) is 0.554. The maximum absolute atomic E-state index is 4.26. The number of benzene rings is 1. The molecule has 0 amide bonds. The van der Waals surface area contributed by atoms with Crippen LogP contribution in [0.25, 0.3) is 0 Å². The van der Waals surface area contributed by atoms with E-state index in [0.29, 0.717) is 0 Å². The Morgan fingerprint density at radius 1 is 1.45 bits per heavy atom. The minimum Gasteiger partial charge on any atom is -0.143 e. The Morgan fingerprint density at radius 3 is 2.91 bits per heavy atom. The van der Waals surface area contributed by atoms with Crippen LogP contribution in [0.4, 0.5) is 0 Å². The smallest absolute Gasteiger partial charge is 0.00829 e. The van der Waals surface area contributed by atoms with E-state index < -0.39 is 0 Å². The van der Waals surface area contributed by atoms with Crippen LogP contribution in [0.3, 0.4) is 0 Å². The van der Waals surface area contributed by atoms with Crippen LogP contribution < -0.4 is 0 Å². The van der Waals surface area contributed by atoms with E-state index in [1.54, 1.807) is 0 Å². The number of rotatable bonds is 3. The Kier molecular flexibility index (Phi) is 3.87. The molecule has 0 aliphatic rings. The molecular formula is C9H12S2. The molecule has 1 rings (SSSR count). The Morgan fingerprint density at radius 2 is 2.27 bits per heavy atom. The van der Waals surface area contributed by atoms with E-state index in [2.05, 4.69) is 31.7 Å². The highest BCUT2D eigenvalue weighted by molar-refractivity contribution is 7.99. The van der Waals surface area contributed by atoms with Crippen molar-refractivity contribution in [2.24, 2.45) is 0 Å². The van der Waals surface area contributed by atoms with Gasteiger partial charge in [-0.25, -0.2) is 0 Å². The molecule has 0 unspecified atom stereocenters. The number of thioether (sulfide) groups is 1. The van der Waals surface area contributed by atoms with Crippen LogP contribution in [0.5, 0.6) is 0 Å². The summed E-state index contributed by atoms with van der Waals surface area (Å²) in [5, 5.41) is 0. The summed E-state index contributed by atoms with van der Waals surface area (Å²) in [6.45, 7) is 2.19. The van der Waals surface area contributed by atoms with E-state index in [-0.39, 0.29) is 0 Å². The van der Waals surface area contributed by atoms with Crippen molar-refractivity contribution in [3.8, 4) is 0 Å². The standard InChI is InChI=1S/C9H12S2/c1-2-6-11-9-5-3-4-8(10)7-9/h3-5,7,10H,2,6H2,1H3. The molecule has 1 aromatic rings. The summed E-state index contributed by atoms with van der Waals surface area (Å²) >= 11 is 6.15. The normalized spacial score (nSPS) is 10.0. The Labute approximate surface area is 77.8 Å². The fourth-order valence-corrected chi connectivity index (χ4v) is 1.93. The zero-order valence-corrected chi connectivity index (χ0v) is 8.29. The molecule has 0 bridgehead atoms. The molecule has 0 radical (unpaired) electrons. The summed E-state index contributed by atoms with van der Waals surface area (Å²) in [5.74, 6) is 1.19. The van der Waals surface area contributed by atoms with Gasteiger partial charge in [0.25, 0.3) is 0 Å². The third-order valence-corrected chi connectivity index (χ3v) is 2.77. The van der Waals surface area contributed by atoms with E-state index in [1.807, 2.05) is 23.9 Å². The van der Waals surface area contributed by atoms with Gasteiger partial charge in [0.15, 0.2) is 0 Å². The van der Waals surface area contributed by atoms with E-state index in [4.69, 9.17) is 0 Å². The lowest BCUT2D eigenvalue weighted by Crippen LogP contribution is -1.75. The van der Waals surface area contributed by atoms with Gasteiger partial charge in [0.2, 0.25) is 0 Å². The molecule has 2 heteroatoms. The van der Waals surface area contributed by atoms with Gasteiger partial charge in [-0.1, -0.05) is 13.0 Å². The minimum atomic E-state index is 1.05.